The van der Waals surface area contributed by atoms with Gasteiger partial charge < -0.3 is 10.3 Å². The molecule has 0 radical (unpaired) electrons. The fourth-order valence-corrected chi connectivity index (χ4v) is 3.03. The van der Waals surface area contributed by atoms with Gasteiger partial charge in [-0.05, 0) is 41.8 Å². The SMILES string of the molecule is CC(C)c1ccc2ncnc(NCCc3nc4ccc(F)cc4[nH]3)c2c1. The molecule has 2 aromatic carbocycles. The Bertz CT molecular complexity index is 1070. The van der Waals surface area contributed by atoms with Crippen molar-refractivity contribution in [2.24, 2.45) is 0 Å². The van der Waals surface area contributed by atoms with Gasteiger partial charge >= 0.3 is 0 Å². The summed E-state index contributed by atoms with van der Waals surface area (Å²) in [5.41, 5.74) is 3.67. The molecular weight excluding hydrogens is 329 g/mol. The van der Waals surface area contributed by atoms with Crippen LogP contribution in [0.1, 0.15) is 31.2 Å². The molecule has 2 aromatic heterocycles. The smallest absolute Gasteiger partial charge is 0.137 e. The molecular formula is C20H20FN5. The van der Waals surface area contributed by atoms with E-state index in [1.165, 1.54) is 17.7 Å². The number of H-pyrrole nitrogens is 1. The molecule has 0 aliphatic heterocycles. The van der Waals surface area contributed by atoms with Crippen molar-refractivity contribution in [3.8, 4) is 0 Å². The molecule has 0 aliphatic carbocycles. The van der Waals surface area contributed by atoms with Gasteiger partial charge in [0.25, 0.3) is 0 Å². The highest BCUT2D eigenvalue weighted by Crippen LogP contribution is 2.24. The third-order valence-corrected chi connectivity index (χ3v) is 4.47. The van der Waals surface area contributed by atoms with Crippen LogP contribution in [0.4, 0.5) is 10.2 Å². The maximum Gasteiger partial charge on any atom is 0.137 e. The minimum Gasteiger partial charge on any atom is -0.369 e. The standard InChI is InChI=1S/C20H20FN5/c1-12(2)13-3-5-16-15(9-13)20(24-11-23-16)22-8-7-19-25-17-6-4-14(21)10-18(17)26-19/h3-6,9-12H,7-8H2,1-2H3,(H,25,26)(H,22,23,24). The maximum absolute atomic E-state index is 13.3. The van der Waals surface area contributed by atoms with Crippen LogP contribution in [0, 0.1) is 5.82 Å². The molecule has 0 saturated carbocycles. The number of aromatic nitrogens is 4. The number of fused-ring (bicyclic) bond motifs is 2. The molecule has 5 nitrogen and oxygen atoms in total. The van der Waals surface area contributed by atoms with Crippen LogP contribution in [-0.2, 0) is 6.42 Å². The van der Waals surface area contributed by atoms with Gasteiger partial charge in [0, 0.05) is 18.4 Å². The summed E-state index contributed by atoms with van der Waals surface area (Å²) in [6, 6.07) is 10.9. The number of nitrogens with zero attached hydrogens (tertiary/aromatic N) is 3. The quantitative estimate of drug-likeness (QED) is 0.560. The summed E-state index contributed by atoms with van der Waals surface area (Å²) >= 11 is 0. The fourth-order valence-electron chi connectivity index (χ4n) is 3.03. The highest BCUT2D eigenvalue weighted by Gasteiger charge is 2.08. The first-order valence-corrected chi connectivity index (χ1v) is 8.73. The lowest BCUT2D eigenvalue weighted by atomic mass is 10.0. The molecule has 0 aliphatic rings. The summed E-state index contributed by atoms with van der Waals surface area (Å²) in [6.07, 6.45) is 2.26. The van der Waals surface area contributed by atoms with E-state index in [4.69, 9.17) is 0 Å². The van der Waals surface area contributed by atoms with Gasteiger partial charge in [-0.2, -0.15) is 0 Å². The van der Waals surface area contributed by atoms with Gasteiger partial charge in [0.05, 0.1) is 16.6 Å². The van der Waals surface area contributed by atoms with Crippen molar-refractivity contribution in [1.29, 1.82) is 0 Å². The van der Waals surface area contributed by atoms with Gasteiger partial charge in [0.1, 0.15) is 23.8 Å². The highest BCUT2D eigenvalue weighted by molar-refractivity contribution is 5.89. The van der Waals surface area contributed by atoms with Gasteiger partial charge in [0.2, 0.25) is 0 Å². The molecule has 0 bridgehead atoms. The molecule has 6 heteroatoms. The number of halogens is 1. The van der Waals surface area contributed by atoms with Gasteiger partial charge in [-0.3, -0.25) is 0 Å². The second kappa shape index (κ2) is 6.71. The highest BCUT2D eigenvalue weighted by atomic mass is 19.1. The van der Waals surface area contributed by atoms with Crippen LogP contribution in [0.3, 0.4) is 0 Å². The van der Waals surface area contributed by atoms with Crippen molar-refractivity contribution in [2.45, 2.75) is 26.2 Å². The molecule has 0 saturated heterocycles. The normalized spacial score (nSPS) is 11.5. The van der Waals surface area contributed by atoms with Crippen LogP contribution in [-0.4, -0.2) is 26.5 Å². The Kier molecular flexibility index (Phi) is 4.24. The van der Waals surface area contributed by atoms with Crippen LogP contribution in [0.5, 0.6) is 0 Å². The molecule has 4 rings (SSSR count). The second-order valence-electron chi connectivity index (χ2n) is 6.68. The van der Waals surface area contributed by atoms with Crippen LogP contribution in [0.25, 0.3) is 21.9 Å². The topological polar surface area (TPSA) is 66.5 Å². The van der Waals surface area contributed by atoms with Crippen LogP contribution in [0.2, 0.25) is 0 Å². The summed E-state index contributed by atoms with van der Waals surface area (Å²) in [5, 5.41) is 4.39. The molecule has 0 atom stereocenters. The van der Waals surface area contributed by atoms with Gasteiger partial charge in [0.15, 0.2) is 0 Å². The average Bonchev–Trinajstić information content (AvgIpc) is 3.03. The molecule has 0 fully saturated rings. The number of benzene rings is 2. The Hall–Kier alpha value is -3.02. The van der Waals surface area contributed by atoms with E-state index < -0.39 is 0 Å². The largest absolute Gasteiger partial charge is 0.369 e. The predicted octanol–water partition coefficient (Wildman–Crippen LogP) is 4.42. The summed E-state index contributed by atoms with van der Waals surface area (Å²) in [7, 11) is 0. The lowest BCUT2D eigenvalue weighted by Crippen LogP contribution is -2.08. The first-order chi connectivity index (χ1) is 12.6. The van der Waals surface area contributed by atoms with E-state index in [1.807, 2.05) is 6.07 Å². The van der Waals surface area contributed by atoms with Crippen molar-refractivity contribution in [3.05, 3.63) is 59.9 Å². The monoisotopic (exact) mass is 349 g/mol. The maximum atomic E-state index is 13.3. The van der Waals surface area contributed by atoms with Gasteiger partial charge in [-0.15, -0.1) is 0 Å². The first kappa shape index (κ1) is 16.4. The van der Waals surface area contributed by atoms with Gasteiger partial charge in [-0.25, -0.2) is 19.3 Å². The Labute approximate surface area is 150 Å². The Morgan fingerprint density at radius 1 is 1.08 bits per heavy atom. The molecule has 0 amide bonds. The zero-order chi connectivity index (χ0) is 18.1. The van der Waals surface area contributed by atoms with Crippen molar-refractivity contribution < 1.29 is 4.39 Å². The zero-order valence-corrected chi connectivity index (χ0v) is 14.8. The second-order valence-corrected chi connectivity index (χ2v) is 6.68. The number of hydrogen-bond acceptors (Lipinski definition) is 4. The Balaban J connectivity index is 1.52. The lowest BCUT2D eigenvalue weighted by molar-refractivity contribution is 0.629. The average molecular weight is 349 g/mol. The fraction of sp³-hybridized carbons (Fsp3) is 0.250. The molecule has 0 spiro atoms. The summed E-state index contributed by atoms with van der Waals surface area (Å²) in [4.78, 5) is 16.4. The molecule has 132 valence electrons. The summed E-state index contributed by atoms with van der Waals surface area (Å²) in [6.45, 7) is 5.01. The molecule has 26 heavy (non-hydrogen) atoms. The summed E-state index contributed by atoms with van der Waals surface area (Å²) < 4.78 is 13.3. The first-order valence-electron chi connectivity index (χ1n) is 8.73. The number of nitrogens with one attached hydrogen (secondary N) is 2. The third-order valence-electron chi connectivity index (χ3n) is 4.47. The van der Waals surface area contributed by atoms with Crippen molar-refractivity contribution >= 4 is 27.8 Å². The number of aromatic amines is 1. The van der Waals surface area contributed by atoms with Crippen LogP contribution >= 0.6 is 0 Å². The molecule has 2 heterocycles. The predicted molar refractivity (Wildman–Crippen MR) is 102 cm³/mol. The van der Waals surface area contributed by atoms with Crippen LogP contribution < -0.4 is 5.32 Å². The minimum atomic E-state index is -0.265. The van der Waals surface area contributed by atoms with Crippen molar-refractivity contribution in [1.82, 2.24) is 19.9 Å². The van der Waals surface area contributed by atoms with E-state index in [0.717, 1.165) is 28.1 Å². The zero-order valence-electron chi connectivity index (χ0n) is 14.8. The Morgan fingerprint density at radius 3 is 2.77 bits per heavy atom. The molecule has 2 N–H and O–H groups in total. The molecule has 0 unspecified atom stereocenters. The minimum absolute atomic E-state index is 0.265. The van der Waals surface area contributed by atoms with Gasteiger partial charge in [-0.1, -0.05) is 19.9 Å². The van der Waals surface area contributed by atoms with E-state index in [2.05, 4.69) is 51.2 Å². The number of anilines is 1. The number of hydrogen-bond donors (Lipinski definition) is 2. The van der Waals surface area contributed by atoms with Crippen molar-refractivity contribution in [3.63, 3.8) is 0 Å². The number of rotatable bonds is 5. The van der Waals surface area contributed by atoms with E-state index in [1.54, 1.807) is 12.4 Å². The van der Waals surface area contributed by atoms with E-state index in [9.17, 15) is 4.39 Å². The number of imidazole rings is 1. The molecule has 4 aromatic rings. The lowest BCUT2D eigenvalue weighted by Gasteiger charge is -2.10. The Morgan fingerprint density at radius 2 is 1.92 bits per heavy atom. The third kappa shape index (κ3) is 3.22. The van der Waals surface area contributed by atoms with E-state index in [0.29, 0.717) is 24.4 Å². The van der Waals surface area contributed by atoms with E-state index >= 15 is 0 Å². The van der Waals surface area contributed by atoms with Crippen LogP contribution in [0.15, 0.2) is 42.7 Å². The van der Waals surface area contributed by atoms with E-state index in [-0.39, 0.29) is 5.82 Å². The van der Waals surface area contributed by atoms with Crippen molar-refractivity contribution in [2.75, 3.05) is 11.9 Å². The summed E-state index contributed by atoms with van der Waals surface area (Å²) in [5.74, 6) is 1.82.